The first-order valence-electron chi connectivity index (χ1n) is 5.35. The Bertz CT molecular complexity index is 481. The van der Waals surface area contributed by atoms with E-state index in [0.717, 1.165) is 5.56 Å². The maximum atomic E-state index is 12.7. The van der Waals surface area contributed by atoms with Crippen LogP contribution in [0.4, 0.5) is 4.39 Å². The van der Waals surface area contributed by atoms with Gasteiger partial charge >= 0.3 is 0 Å². The van der Waals surface area contributed by atoms with E-state index in [0.29, 0.717) is 24.9 Å². The minimum absolute atomic E-state index is 0.219. The van der Waals surface area contributed by atoms with E-state index in [1.54, 1.807) is 19.1 Å². The third kappa shape index (κ3) is 3.35. The smallest absolute Gasteiger partial charge is 0.230 e. The van der Waals surface area contributed by atoms with Crippen LogP contribution in [-0.4, -0.2) is 22.1 Å². The summed E-state index contributed by atoms with van der Waals surface area (Å²) in [6.07, 6.45) is 0. The van der Waals surface area contributed by atoms with Gasteiger partial charge in [-0.25, -0.2) is 4.39 Å². The van der Waals surface area contributed by atoms with Crippen molar-refractivity contribution in [2.75, 3.05) is 7.05 Å². The number of aromatic nitrogens is 2. The molecule has 90 valence electrons. The van der Waals surface area contributed by atoms with Crippen molar-refractivity contribution in [2.45, 2.75) is 20.0 Å². The number of benzene rings is 1. The lowest BCUT2D eigenvalue weighted by molar-refractivity contribution is 0.278. The zero-order chi connectivity index (χ0) is 12.3. The fourth-order valence-electron chi connectivity index (χ4n) is 1.59. The van der Waals surface area contributed by atoms with Gasteiger partial charge in [0.05, 0.1) is 6.54 Å². The molecule has 0 unspecified atom stereocenters. The van der Waals surface area contributed by atoms with E-state index in [9.17, 15) is 4.39 Å². The summed E-state index contributed by atoms with van der Waals surface area (Å²) in [5.74, 6) is 0.936. The Kier molecular flexibility index (Phi) is 3.49. The third-order valence-corrected chi connectivity index (χ3v) is 2.34. The standard InChI is InChI=1S/C12H14FN3O/c1-9-14-15-12(17-9)8-16(2)7-10-3-5-11(13)6-4-10/h3-6H,7-8H2,1-2H3. The predicted octanol–water partition coefficient (Wildman–Crippen LogP) is 2.15. The lowest BCUT2D eigenvalue weighted by Crippen LogP contribution is -2.17. The molecule has 2 rings (SSSR count). The summed E-state index contributed by atoms with van der Waals surface area (Å²) in [5.41, 5.74) is 1.05. The van der Waals surface area contributed by atoms with Crippen molar-refractivity contribution in [3.05, 3.63) is 47.4 Å². The van der Waals surface area contributed by atoms with Crippen molar-refractivity contribution in [3.63, 3.8) is 0 Å². The van der Waals surface area contributed by atoms with Crippen molar-refractivity contribution < 1.29 is 8.81 Å². The molecule has 2 aromatic rings. The first kappa shape index (κ1) is 11.7. The van der Waals surface area contributed by atoms with Gasteiger partial charge in [-0.1, -0.05) is 12.1 Å². The van der Waals surface area contributed by atoms with E-state index in [1.807, 2.05) is 11.9 Å². The molecule has 0 bridgehead atoms. The summed E-state index contributed by atoms with van der Waals surface area (Å²) in [4.78, 5) is 2.03. The minimum atomic E-state index is -0.219. The third-order valence-electron chi connectivity index (χ3n) is 2.34. The minimum Gasteiger partial charge on any atom is -0.424 e. The van der Waals surface area contributed by atoms with Crippen molar-refractivity contribution >= 4 is 0 Å². The molecule has 1 heterocycles. The Balaban J connectivity index is 1.93. The summed E-state index contributed by atoms with van der Waals surface area (Å²) < 4.78 is 18.0. The van der Waals surface area contributed by atoms with Crippen LogP contribution < -0.4 is 0 Å². The highest BCUT2D eigenvalue weighted by molar-refractivity contribution is 5.15. The average Bonchev–Trinajstić information content (AvgIpc) is 2.67. The topological polar surface area (TPSA) is 42.2 Å². The molecule has 0 aliphatic carbocycles. The van der Waals surface area contributed by atoms with Crippen molar-refractivity contribution in [1.82, 2.24) is 15.1 Å². The number of nitrogens with zero attached hydrogens (tertiary/aromatic N) is 3. The molecule has 1 aromatic heterocycles. The molecule has 0 aliphatic heterocycles. The fourth-order valence-corrected chi connectivity index (χ4v) is 1.59. The van der Waals surface area contributed by atoms with Gasteiger partial charge < -0.3 is 4.42 Å². The Morgan fingerprint density at radius 1 is 1.18 bits per heavy atom. The second kappa shape index (κ2) is 5.05. The molecule has 0 atom stereocenters. The van der Waals surface area contributed by atoms with Gasteiger partial charge in [0.25, 0.3) is 0 Å². The molecule has 0 saturated carbocycles. The quantitative estimate of drug-likeness (QED) is 0.814. The van der Waals surface area contributed by atoms with Gasteiger partial charge in [0.1, 0.15) is 5.82 Å². The molecule has 5 heteroatoms. The molecule has 0 N–H and O–H groups in total. The molecule has 0 spiro atoms. The van der Waals surface area contributed by atoms with Gasteiger partial charge in [0.15, 0.2) is 0 Å². The zero-order valence-corrected chi connectivity index (χ0v) is 9.85. The predicted molar refractivity (Wildman–Crippen MR) is 60.6 cm³/mol. The maximum absolute atomic E-state index is 12.7. The lowest BCUT2D eigenvalue weighted by Gasteiger charge is -2.13. The van der Waals surface area contributed by atoms with E-state index in [4.69, 9.17) is 4.42 Å². The monoisotopic (exact) mass is 235 g/mol. The van der Waals surface area contributed by atoms with Crippen molar-refractivity contribution in [1.29, 1.82) is 0 Å². The van der Waals surface area contributed by atoms with Gasteiger partial charge in [-0.05, 0) is 24.7 Å². The summed E-state index contributed by atoms with van der Waals surface area (Å²) in [6.45, 7) is 3.05. The van der Waals surface area contributed by atoms with E-state index >= 15 is 0 Å². The highest BCUT2D eigenvalue weighted by atomic mass is 19.1. The molecule has 0 amide bonds. The first-order chi connectivity index (χ1) is 8.13. The molecule has 0 aliphatic rings. The Morgan fingerprint density at radius 3 is 2.47 bits per heavy atom. The highest BCUT2D eigenvalue weighted by Gasteiger charge is 2.07. The van der Waals surface area contributed by atoms with Crippen LogP contribution in [-0.2, 0) is 13.1 Å². The summed E-state index contributed by atoms with van der Waals surface area (Å²) >= 11 is 0. The van der Waals surface area contributed by atoms with Gasteiger partial charge in [-0.3, -0.25) is 4.90 Å². The second-order valence-electron chi connectivity index (χ2n) is 4.01. The number of hydrogen-bond acceptors (Lipinski definition) is 4. The number of aryl methyl sites for hydroxylation is 1. The maximum Gasteiger partial charge on any atom is 0.230 e. The van der Waals surface area contributed by atoms with Crippen molar-refractivity contribution in [3.8, 4) is 0 Å². The van der Waals surface area contributed by atoms with Crippen LogP contribution >= 0.6 is 0 Å². The van der Waals surface area contributed by atoms with Crippen LogP contribution in [0, 0.1) is 12.7 Å². The lowest BCUT2D eigenvalue weighted by atomic mass is 10.2. The van der Waals surface area contributed by atoms with Crippen LogP contribution in [0.2, 0.25) is 0 Å². The average molecular weight is 235 g/mol. The first-order valence-corrected chi connectivity index (χ1v) is 5.35. The van der Waals surface area contributed by atoms with Gasteiger partial charge in [-0.15, -0.1) is 10.2 Å². The Labute approximate surface area is 99.1 Å². The Hall–Kier alpha value is -1.75. The molecule has 0 saturated heterocycles. The number of halogens is 1. The molecule has 0 fully saturated rings. The van der Waals surface area contributed by atoms with Crippen LogP contribution in [0.15, 0.2) is 28.7 Å². The molecular formula is C12H14FN3O. The molecule has 0 radical (unpaired) electrons. The molecule has 17 heavy (non-hydrogen) atoms. The van der Waals surface area contributed by atoms with E-state index in [-0.39, 0.29) is 5.82 Å². The highest BCUT2D eigenvalue weighted by Crippen LogP contribution is 2.08. The molecular weight excluding hydrogens is 221 g/mol. The summed E-state index contributed by atoms with van der Waals surface area (Å²) in [7, 11) is 1.95. The normalized spacial score (nSPS) is 11.1. The zero-order valence-electron chi connectivity index (χ0n) is 9.85. The van der Waals surface area contributed by atoms with Crippen molar-refractivity contribution in [2.24, 2.45) is 0 Å². The van der Waals surface area contributed by atoms with E-state index in [1.165, 1.54) is 12.1 Å². The molecule has 4 nitrogen and oxygen atoms in total. The van der Waals surface area contributed by atoms with Crippen LogP contribution in [0.3, 0.4) is 0 Å². The van der Waals surface area contributed by atoms with Gasteiger partial charge in [0.2, 0.25) is 11.8 Å². The Morgan fingerprint density at radius 2 is 1.88 bits per heavy atom. The largest absolute Gasteiger partial charge is 0.424 e. The van der Waals surface area contributed by atoms with Crippen LogP contribution in [0.1, 0.15) is 17.3 Å². The van der Waals surface area contributed by atoms with Gasteiger partial charge in [-0.2, -0.15) is 0 Å². The van der Waals surface area contributed by atoms with Crippen LogP contribution in [0.25, 0.3) is 0 Å². The van der Waals surface area contributed by atoms with E-state index < -0.39 is 0 Å². The van der Waals surface area contributed by atoms with Gasteiger partial charge in [0, 0.05) is 13.5 Å². The second-order valence-corrected chi connectivity index (χ2v) is 4.01. The number of hydrogen-bond donors (Lipinski definition) is 0. The van der Waals surface area contributed by atoms with Crippen LogP contribution in [0.5, 0.6) is 0 Å². The van der Waals surface area contributed by atoms with E-state index in [2.05, 4.69) is 10.2 Å². The molecule has 1 aromatic carbocycles. The summed E-state index contributed by atoms with van der Waals surface area (Å²) in [5, 5.41) is 7.69. The fraction of sp³-hybridized carbons (Fsp3) is 0.333. The summed E-state index contributed by atoms with van der Waals surface area (Å²) in [6, 6.07) is 6.45. The SMILES string of the molecule is Cc1nnc(CN(C)Cc2ccc(F)cc2)o1. The number of rotatable bonds is 4.